The van der Waals surface area contributed by atoms with Gasteiger partial charge < -0.3 is 9.80 Å². The van der Waals surface area contributed by atoms with E-state index in [2.05, 4.69) is 260 Å². The highest BCUT2D eigenvalue weighted by atomic mass is 32.1. The van der Waals surface area contributed by atoms with Crippen LogP contribution in [0.3, 0.4) is 0 Å². The molecule has 4 heteroatoms. The van der Waals surface area contributed by atoms with Gasteiger partial charge in [-0.15, -0.1) is 11.3 Å². The molecule has 1 aromatic heterocycles. The summed E-state index contributed by atoms with van der Waals surface area (Å²) in [5, 5.41) is 2.70. The number of hydrogen-bond donors (Lipinski definition) is 0. The lowest BCUT2D eigenvalue weighted by atomic mass is 9.33. The maximum Gasteiger partial charge on any atom is 0.254 e. The number of thiophene rings is 1. The molecule has 0 saturated carbocycles. The third-order valence-electron chi connectivity index (χ3n) is 17.3. The zero-order chi connectivity index (χ0) is 51.9. The topological polar surface area (TPSA) is 6.48 Å². The number of rotatable bonds is 6. The van der Waals surface area contributed by atoms with Crippen molar-refractivity contribution in [3.8, 4) is 0 Å². The van der Waals surface area contributed by atoms with Crippen LogP contribution >= 0.6 is 11.3 Å². The fourth-order valence-corrected chi connectivity index (χ4v) is 13.8. The molecular weight excluding hydrogens is 900 g/mol. The zero-order valence-electron chi connectivity index (χ0n) is 46.7. The average molecular weight is 977 g/mol. The summed E-state index contributed by atoms with van der Waals surface area (Å²) in [6.45, 7) is 37.9. The van der Waals surface area contributed by atoms with Gasteiger partial charge in [0.2, 0.25) is 0 Å². The molecule has 3 heterocycles. The van der Waals surface area contributed by atoms with E-state index in [4.69, 9.17) is 0 Å². The minimum atomic E-state index is -0.0135. The summed E-state index contributed by atoms with van der Waals surface area (Å²) in [4.78, 5) is 5.37. The van der Waals surface area contributed by atoms with Crippen molar-refractivity contribution in [2.75, 3.05) is 9.80 Å². The van der Waals surface area contributed by atoms with E-state index in [0.29, 0.717) is 5.92 Å². The first-order chi connectivity index (χ1) is 34.3. The van der Waals surface area contributed by atoms with Crippen molar-refractivity contribution < 1.29 is 0 Å². The summed E-state index contributed by atoms with van der Waals surface area (Å²) < 4.78 is 1.34. The fraction of sp³-hybridized carbons (Fsp3) is 0.362. The molecule has 1 unspecified atom stereocenters. The highest BCUT2D eigenvalue weighted by Gasteiger charge is 2.48. The van der Waals surface area contributed by atoms with Gasteiger partial charge in [0.1, 0.15) is 0 Å². The monoisotopic (exact) mass is 977 g/mol. The van der Waals surface area contributed by atoms with Crippen molar-refractivity contribution in [3.05, 3.63) is 195 Å². The van der Waals surface area contributed by atoms with Crippen LogP contribution in [0.25, 0.3) is 10.1 Å². The quantitative estimate of drug-likeness (QED) is 0.121. The van der Waals surface area contributed by atoms with Gasteiger partial charge in [-0.1, -0.05) is 195 Å². The van der Waals surface area contributed by atoms with Crippen LogP contribution in [0.15, 0.2) is 140 Å². The first-order valence-corrected chi connectivity index (χ1v) is 28.0. The van der Waals surface area contributed by atoms with E-state index in [9.17, 15) is 0 Å². The SMILES string of the molecule is Cc1ccccc1C(c1ccc(C(C)C)cc1)c1cc2c3c(c1)N(c1ccc(C(C)(C)C)cc1)c1sc4ccc(C(C)(C)C)cc4c1B3c1cc3c(cc1N2c1ccc(C(C)(C)C)cc1)C(C)(C)CCC3(C)C. The summed E-state index contributed by atoms with van der Waals surface area (Å²) in [7, 11) is 0. The molecule has 3 aliphatic rings. The number of aryl methyl sites for hydroxylation is 1. The first kappa shape index (κ1) is 49.4. The van der Waals surface area contributed by atoms with E-state index >= 15 is 0 Å². The van der Waals surface area contributed by atoms with E-state index in [0.717, 1.165) is 12.8 Å². The molecule has 0 spiro atoms. The normalized spacial score (nSPS) is 16.3. The van der Waals surface area contributed by atoms with Crippen LogP contribution in [0.1, 0.15) is 184 Å². The highest BCUT2D eigenvalue weighted by molar-refractivity contribution is 7.26. The van der Waals surface area contributed by atoms with Crippen LogP contribution in [0.2, 0.25) is 0 Å². The van der Waals surface area contributed by atoms with Crippen molar-refractivity contribution in [3.63, 3.8) is 0 Å². The number of benzene rings is 7. The molecule has 1 aliphatic carbocycles. The zero-order valence-corrected chi connectivity index (χ0v) is 47.5. The standard InChI is InChI=1S/C69H77BN2S/c1-42(2)44-21-23-45(24-22-44)61(52-20-18-17-19-43(52)3)46-37-58-63-59(38-46)72(51-32-27-48(28-33-51)66(7,8)9)64-62(53-39-49(67(10,11)12)29-34-60(53)73-64)70(63)56-40-54-55(69(15,16)36-35-68(54,13)14)41-57(56)71(58)50-30-25-47(26-31-50)65(4,5)6/h17-34,37-42,61H,35-36H2,1-16H3. The molecule has 0 radical (unpaired) electrons. The predicted octanol–water partition coefficient (Wildman–Crippen LogP) is 17.8. The van der Waals surface area contributed by atoms with Gasteiger partial charge in [0.25, 0.3) is 6.71 Å². The van der Waals surface area contributed by atoms with Gasteiger partial charge >= 0.3 is 0 Å². The molecule has 8 aromatic rings. The molecule has 0 bridgehead atoms. The molecule has 7 aromatic carbocycles. The van der Waals surface area contributed by atoms with Gasteiger partial charge in [0.15, 0.2) is 0 Å². The van der Waals surface area contributed by atoms with Gasteiger partial charge in [0.05, 0.1) is 5.00 Å². The Morgan fingerprint density at radius 2 is 1.01 bits per heavy atom. The van der Waals surface area contributed by atoms with Gasteiger partial charge in [0, 0.05) is 39.1 Å². The fourth-order valence-electron chi connectivity index (χ4n) is 12.5. The van der Waals surface area contributed by atoms with E-state index in [-0.39, 0.29) is 39.7 Å². The van der Waals surface area contributed by atoms with Crippen LogP contribution < -0.4 is 26.2 Å². The molecule has 1 atom stereocenters. The van der Waals surface area contributed by atoms with Gasteiger partial charge in [-0.2, -0.15) is 0 Å². The van der Waals surface area contributed by atoms with E-state index in [1.54, 1.807) is 0 Å². The second kappa shape index (κ2) is 17.1. The molecule has 0 fully saturated rings. The number of fused-ring (bicyclic) bond motifs is 7. The number of hydrogen-bond acceptors (Lipinski definition) is 3. The second-order valence-electron chi connectivity index (χ2n) is 26.8. The lowest BCUT2D eigenvalue weighted by molar-refractivity contribution is 0.332. The minimum Gasteiger partial charge on any atom is -0.311 e. The van der Waals surface area contributed by atoms with Crippen molar-refractivity contribution in [2.45, 2.75) is 163 Å². The van der Waals surface area contributed by atoms with Gasteiger partial charge in [-0.25, -0.2) is 0 Å². The molecule has 0 saturated heterocycles. The van der Waals surface area contributed by atoms with Crippen molar-refractivity contribution >= 4 is 78.0 Å². The highest BCUT2D eigenvalue weighted by Crippen LogP contribution is 2.53. The Kier molecular flexibility index (Phi) is 11.6. The third kappa shape index (κ3) is 8.30. The Morgan fingerprint density at radius 1 is 0.507 bits per heavy atom. The molecule has 0 N–H and O–H groups in total. The summed E-state index contributed by atoms with van der Waals surface area (Å²) in [5.74, 6) is 0.435. The van der Waals surface area contributed by atoms with Crippen LogP contribution in [0, 0.1) is 6.92 Å². The van der Waals surface area contributed by atoms with Crippen LogP contribution in [-0.4, -0.2) is 6.71 Å². The van der Waals surface area contributed by atoms with E-state index < -0.39 is 0 Å². The Morgan fingerprint density at radius 3 is 1.56 bits per heavy atom. The summed E-state index contributed by atoms with van der Waals surface area (Å²) in [6, 6.07) is 55.8. The van der Waals surface area contributed by atoms with Crippen molar-refractivity contribution in [2.24, 2.45) is 0 Å². The second-order valence-corrected chi connectivity index (χ2v) is 27.8. The van der Waals surface area contributed by atoms with Crippen LogP contribution in [0.5, 0.6) is 0 Å². The van der Waals surface area contributed by atoms with Gasteiger partial charge in [-0.05, 0) is 179 Å². The maximum absolute atomic E-state index is 2.70. The minimum absolute atomic E-state index is 0.00316. The maximum atomic E-state index is 2.70. The number of nitrogens with zero attached hydrogens (tertiary/aromatic N) is 2. The lowest BCUT2D eigenvalue weighted by Crippen LogP contribution is -2.61. The Labute approximate surface area is 443 Å². The van der Waals surface area contributed by atoms with Crippen LogP contribution in [-0.2, 0) is 27.1 Å². The van der Waals surface area contributed by atoms with Gasteiger partial charge in [-0.3, -0.25) is 0 Å². The van der Waals surface area contributed by atoms with Crippen molar-refractivity contribution in [1.29, 1.82) is 0 Å². The molecule has 2 aliphatic heterocycles. The Balaban J connectivity index is 1.31. The molecule has 372 valence electrons. The first-order valence-electron chi connectivity index (χ1n) is 27.2. The summed E-state index contributed by atoms with van der Waals surface area (Å²) in [6.07, 6.45) is 2.32. The van der Waals surface area contributed by atoms with Crippen LogP contribution in [0.4, 0.5) is 33.4 Å². The lowest BCUT2D eigenvalue weighted by Gasteiger charge is -2.47. The van der Waals surface area contributed by atoms with E-state index in [1.165, 1.54) is 116 Å². The molecule has 73 heavy (non-hydrogen) atoms. The molecule has 2 nitrogen and oxygen atoms in total. The van der Waals surface area contributed by atoms with Crippen molar-refractivity contribution in [1.82, 2.24) is 0 Å². The summed E-state index contributed by atoms with van der Waals surface area (Å²) >= 11 is 1.97. The molecule has 0 amide bonds. The predicted molar refractivity (Wildman–Crippen MR) is 320 cm³/mol. The third-order valence-corrected chi connectivity index (χ3v) is 18.5. The Hall–Kier alpha value is -5.84. The number of anilines is 6. The molecule has 11 rings (SSSR count). The van der Waals surface area contributed by atoms with E-state index in [1.807, 2.05) is 11.3 Å². The molecular formula is C69H77BN2S. The summed E-state index contributed by atoms with van der Waals surface area (Å²) in [5.41, 5.74) is 24.2. The smallest absolute Gasteiger partial charge is 0.254 e. The average Bonchev–Trinajstić information content (AvgIpc) is 3.71. The largest absolute Gasteiger partial charge is 0.311 e. The Bertz CT molecular complexity index is 3440.